The minimum atomic E-state index is -3.46. The predicted molar refractivity (Wildman–Crippen MR) is 43.5 cm³/mol. The van der Waals surface area contributed by atoms with Gasteiger partial charge in [0.15, 0.2) is 0 Å². The van der Waals surface area contributed by atoms with Crippen LogP contribution in [0.5, 0.6) is 0 Å². The van der Waals surface area contributed by atoms with Crippen molar-refractivity contribution in [3.05, 3.63) is 0 Å². The van der Waals surface area contributed by atoms with E-state index in [1.807, 2.05) is 0 Å². The number of rotatable bonds is 3. The zero-order valence-corrected chi connectivity index (χ0v) is 7.81. The summed E-state index contributed by atoms with van der Waals surface area (Å²) in [5, 5.41) is 7.83. The van der Waals surface area contributed by atoms with Gasteiger partial charge in [-0.05, 0) is 18.8 Å². The molecule has 1 aliphatic rings. The van der Waals surface area contributed by atoms with Crippen molar-refractivity contribution in [3.8, 4) is 0 Å². The number of halogens is 1. The SMILES string of the molecule is O=C(O)CC1CC(S(=O)(=O)Cl)C1. The maximum Gasteiger partial charge on any atom is 0.303 e. The zero-order chi connectivity index (χ0) is 9.35. The minimum Gasteiger partial charge on any atom is -0.481 e. The highest BCUT2D eigenvalue weighted by Gasteiger charge is 2.38. The third-order valence-corrected chi connectivity index (χ3v) is 3.99. The molecule has 1 N–H and O–H groups in total. The van der Waals surface area contributed by atoms with Crippen LogP contribution in [-0.4, -0.2) is 24.7 Å². The Bertz CT molecular complexity index is 278. The maximum absolute atomic E-state index is 10.7. The highest BCUT2D eigenvalue weighted by atomic mass is 35.7. The van der Waals surface area contributed by atoms with Crippen molar-refractivity contribution < 1.29 is 18.3 Å². The number of carbonyl (C=O) groups is 1. The Morgan fingerprint density at radius 3 is 2.33 bits per heavy atom. The lowest BCUT2D eigenvalue weighted by Gasteiger charge is -2.31. The number of carboxylic acids is 1. The lowest BCUT2D eigenvalue weighted by atomic mass is 9.82. The summed E-state index contributed by atoms with van der Waals surface area (Å²) in [4.78, 5) is 10.2. The molecule has 0 saturated heterocycles. The van der Waals surface area contributed by atoms with E-state index in [-0.39, 0.29) is 12.3 Å². The van der Waals surface area contributed by atoms with E-state index in [4.69, 9.17) is 15.8 Å². The van der Waals surface area contributed by atoms with Crippen molar-refractivity contribution in [2.75, 3.05) is 0 Å². The van der Waals surface area contributed by atoms with Crippen LogP contribution in [0.3, 0.4) is 0 Å². The Labute approximate surface area is 74.9 Å². The molecule has 0 heterocycles. The van der Waals surface area contributed by atoms with Crippen molar-refractivity contribution in [1.29, 1.82) is 0 Å². The molecule has 1 aliphatic carbocycles. The monoisotopic (exact) mass is 212 g/mol. The smallest absolute Gasteiger partial charge is 0.303 e. The van der Waals surface area contributed by atoms with Gasteiger partial charge in [0.2, 0.25) is 9.05 Å². The van der Waals surface area contributed by atoms with Gasteiger partial charge in [-0.25, -0.2) is 8.42 Å². The van der Waals surface area contributed by atoms with Crippen LogP contribution in [0.1, 0.15) is 19.3 Å². The van der Waals surface area contributed by atoms with E-state index in [2.05, 4.69) is 0 Å². The fraction of sp³-hybridized carbons (Fsp3) is 0.833. The van der Waals surface area contributed by atoms with Gasteiger partial charge in [0.05, 0.1) is 5.25 Å². The van der Waals surface area contributed by atoms with Crippen LogP contribution >= 0.6 is 10.7 Å². The molecule has 0 aromatic carbocycles. The van der Waals surface area contributed by atoms with Crippen LogP contribution in [0.2, 0.25) is 0 Å². The largest absolute Gasteiger partial charge is 0.481 e. The summed E-state index contributed by atoms with van der Waals surface area (Å²) < 4.78 is 21.3. The van der Waals surface area contributed by atoms with Crippen molar-refractivity contribution in [2.45, 2.75) is 24.5 Å². The number of hydrogen-bond acceptors (Lipinski definition) is 3. The molecule has 6 heteroatoms. The van der Waals surface area contributed by atoms with Crippen molar-refractivity contribution >= 4 is 25.7 Å². The highest BCUT2D eigenvalue weighted by molar-refractivity contribution is 8.14. The van der Waals surface area contributed by atoms with Crippen LogP contribution in [0.25, 0.3) is 0 Å². The topological polar surface area (TPSA) is 71.4 Å². The lowest BCUT2D eigenvalue weighted by Crippen LogP contribution is -2.34. The molecule has 1 saturated carbocycles. The molecular weight excluding hydrogens is 204 g/mol. The molecule has 1 rings (SSSR count). The van der Waals surface area contributed by atoms with E-state index in [0.29, 0.717) is 12.8 Å². The standard InChI is InChI=1S/C6H9ClO4S/c7-12(10,11)5-1-4(2-5)3-6(8)9/h4-5H,1-3H2,(H,8,9). The van der Waals surface area contributed by atoms with Gasteiger partial charge in [-0.1, -0.05) is 0 Å². The Kier molecular flexibility index (Phi) is 2.63. The van der Waals surface area contributed by atoms with Gasteiger partial charge in [0.1, 0.15) is 0 Å². The van der Waals surface area contributed by atoms with Crippen molar-refractivity contribution in [2.24, 2.45) is 5.92 Å². The van der Waals surface area contributed by atoms with Crippen LogP contribution in [0.15, 0.2) is 0 Å². The third-order valence-electron chi connectivity index (χ3n) is 2.05. The van der Waals surface area contributed by atoms with Crippen LogP contribution in [-0.2, 0) is 13.8 Å². The Morgan fingerprint density at radius 1 is 1.50 bits per heavy atom. The summed E-state index contributed by atoms with van der Waals surface area (Å²) >= 11 is 0. The average molecular weight is 213 g/mol. The first-order valence-corrected chi connectivity index (χ1v) is 5.92. The minimum absolute atomic E-state index is 0.0129. The second-order valence-electron chi connectivity index (χ2n) is 3.03. The molecule has 0 atom stereocenters. The highest BCUT2D eigenvalue weighted by Crippen LogP contribution is 2.36. The fourth-order valence-corrected chi connectivity index (χ4v) is 2.76. The van der Waals surface area contributed by atoms with Gasteiger partial charge < -0.3 is 5.11 Å². The normalized spacial score (nSPS) is 29.4. The molecule has 0 radical (unpaired) electrons. The second-order valence-corrected chi connectivity index (χ2v) is 5.94. The van der Waals surface area contributed by atoms with Gasteiger partial charge >= 0.3 is 5.97 Å². The third kappa shape index (κ3) is 2.35. The maximum atomic E-state index is 10.7. The fourth-order valence-electron chi connectivity index (χ4n) is 1.32. The molecule has 4 nitrogen and oxygen atoms in total. The summed E-state index contributed by atoms with van der Waals surface area (Å²) in [5.41, 5.74) is 0. The molecule has 0 aromatic heterocycles. The van der Waals surface area contributed by atoms with Crippen molar-refractivity contribution in [1.82, 2.24) is 0 Å². The number of aliphatic carboxylic acids is 1. The molecule has 70 valence electrons. The Hall–Kier alpha value is -0.290. The van der Waals surface area contributed by atoms with Gasteiger partial charge in [-0.15, -0.1) is 0 Å². The van der Waals surface area contributed by atoms with E-state index >= 15 is 0 Å². The predicted octanol–water partition coefficient (Wildman–Crippen LogP) is 0.808. The first kappa shape index (κ1) is 9.80. The summed E-state index contributed by atoms with van der Waals surface area (Å²) in [5.74, 6) is -0.897. The first-order chi connectivity index (χ1) is 5.39. The van der Waals surface area contributed by atoms with Gasteiger partial charge in [0.25, 0.3) is 0 Å². The number of hydrogen-bond donors (Lipinski definition) is 1. The average Bonchev–Trinajstić information content (AvgIpc) is 1.73. The Morgan fingerprint density at radius 2 is 2.00 bits per heavy atom. The Balaban J connectivity index is 2.34. The summed E-state index contributed by atoms with van der Waals surface area (Å²) in [6, 6.07) is 0. The molecule has 0 spiro atoms. The molecule has 0 amide bonds. The molecular formula is C6H9ClO4S. The van der Waals surface area contributed by atoms with Gasteiger partial charge in [-0.3, -0.25) is 4.79 Å². The summed E-state index contributed by atoms with van der Waals surface area (Å²) in [6.45, 7) is 0. The van der Waals surface area contributed by atoms with Crippen molar-refractivity contribution in [3.63, 3.8) is 0 Å². The molecule has 0 aliphatic heterocycles. The lowest BCUT2D eigenvalue weighted by molar-refractivity contribution is -0.138. The zero-order valence-electron chi connectivity index (χ0n) is 6.23. The molecule has 0 aromatic rings. The molecule has 12 heavy (non-hydrogen) atoms. The second kappa shape index (κ2) is 3.22. The van der Waals surface area contributed by atoms with E-state index < -0.39 is 20.3 Å². The van der Waals surface area contributed by atoms with Gasteiger partial charge in [-0.2, -0.15) is 0 Å². The van der Waals surface area contributed by atoms with E-state index in [0.717, 1.165) is 0 Å². The van der Waals surface area contributed by atoms with E-state index in [1.54, 1.807) is 0 Å². The molecule has 0 unspecified atom stereocenters. The van der Waals surface area contributed by atoms with E-state index in [9.17, 15) is 13.2 Å². The summed E-state index contributed by atoms with van der Waals surface area (Å²) in [6.07, 6.45) is 0.819. The summed E-state index contributed by atoms with van der Waals surface area (Å²) in [7, 11) is 1.61. The molecule has 0 bridgehead atoms. The van der Waals surface area contributed by atoms with E-state index in [1.165, 1.54) is 0 Å². The van der Waals surface area contributed by atoms with Crippen LogP contribution < -0.4 is 0 Å². The quantitative estimate of drug-likeness (QED) is 0.703. The number of carboxylic acid groups (broad SMARTS) is 1. The first-order valence-electron chi connectivity index (χ1n) is 3.55. The van der Waals surface area contributed by atoms with Crippen LogP contribution in [0.4, 0.5) is 0 Å². The van der Waals surface area contributed by atoms with Crippen LogP contribution in [0, 0.1) is 5.92 Å². The van der Waals surface area contributed by atoms with Gasteiger partial charge in [0, 0.05) is 17.1 Å². The molecule has 1 fully saturated rings.